The number of aromatic nitrogens is 1. The van der Waals surface area contributed by atoms with E-state index in [9.17, 15) is 18.0 Å². The van der Waals surface area contributed by atoms with E-state index in [0.717, 1.165) is 12.1 Å². The number of carbonyl (C=O) groups is 1. The Labute approximate surface area is 146 Å². The van der Waals surface area contributed by atoms with Gasteiger partial charge in [0.25, 0.3) is 0 Å². The molecule has 0 atom stereocenters. The zero-order valence-electron chi connectivity index (χ0n) is 12.7. The summed E-state index contributed by atoms with van der Waals surface area (Å²) in [7, 11) is 0. The molecule has 0 saturated carbocycles. The summed E-state index contributed by atoms with van der Waals surface area (Å²) in [5.41, 5.74) is 0.488. The van der Waals surface area contributed by atoms with Crippen LogP contribution in [0, 0.1) is 0 Å². The summed E-state index contributed by atoms with van der Waals surface area (Å²) in [4.78, 5) is 16.5. The normalized spacial score (nSPS) is 11.4. The van der Waals surface area contributed by atoms with Crippen molar-refractivity contribution in [3.8, 4) is 11.1 Å². The first-order valence-electron chi connectivity index (χ1n) is 7.29. The number of rotatable bonds is 3. The maximum atomic E-state index is 12.9. The molecule has 3 aromatic rings. The molecule has 6 heteroatoms. The third-order valence-electron chi connectivity index (χ3n) is 3.64. The van der Waals surface area contributed by atoms with Crippen molar-refractivity contribution >= 4 is 17.4 Å². The van der Waals surface area contributed by atoms with Crippen LogP contribution in [0.15, 0.2) is 66.9 Å². The highest BCUT2D eigenvalue weighted by Gasteiger charge is 2.30. The largest absolute Gasteiger partial charge is 0.416 e. The second-order valence-electron chi connectivity index (χ2n) is 5.34. The van der Waals surface area contributed by atoms with Crippen LogP contribution in [0.1, 0.15) is 21.5 Å². The van der Waals surface area contributed by atoms with E-state index in [4.69, 9.17) is 11.6 Å². The zero-order valence-corrected chi connectivity index (χ0v) is 13.5. The topological polar surface area (TPSA) is 30.0 Å². The summed E-state index contributed by atoms with van der Waals surface area (Å²) in [6.07, 6.45) is -3.10. The van der Waals surface area contributed by atoms with Gasteiger partial charge in [0.05, 0.1) is 11.1 Å². The molecule has 0 spiro atoms. The number of nitrogens with zero attached hydrogens (tertiary/aromatic N) is 1. The highest BCUT2D eigenvalue weighted by atomic mass is 35.5. The minimum Gasteiger partial charge on any atom is -0.288 e. The van der Waals surface area contributed by atoms with E-state index in [1.165, 1.54) is 24.4 Å². The Bertz CT molecular complexity index is 923. The average molecular weight is 362 g/mol. The fourth-order valence-electron chi connectivity index (χ4n) is 2.39. The fourth-order valence-corrected chi connectivity index (χ4v) is 2.57. The summed E-state index contributed by atoms with van der Waals surface area (Å²) in [6, 6.07) is 14.8. The van der Waals surface area contributed by atoms with Crippen LogP contribution in [0.5, 0.6) is 0 Å². The molecule has 1 heterocycles. The Morgan fingerprint density at radius 3 is 2.32 bits per heavy atom. The molecular weight excluding hydrogens is 351 g/mol. The van der Waals surface area contributed by atoms with Gasteiger partial charge in [-0.25, -0.2) is 4.98 Å². The van der Waals surface area contributed by atoms with Crippen LogP contribution in [0.4, 0.5) is 13.2 Å². The lowest BCUT2D eigenvalue weighted by Crippen LogP contribution is -2.05. The number of hydrogen-bond acceptors (Lipinski definition) is 2. The minimum absolute atomic E-state index is 0.00424. The summed E-state index contributed by atoms with van der Waals surface area (Å²) in [6.45, 7) is 0. The van der Waals surface area contributed by atoms with E-state index < -0.39 is 11.7 Å². The maximum Gasteiger partial charge on any atom is 0.416 e. The standard InChI is InChI=1S/C19H11ClF3NO/c20-18-16(17(25)12-5-2-1-3-6-12)10-14(11-24-18)13-7-4-8-15(9-13)19(21,22)23/h1-11H. The number of hydrogen-bond donors (Lipinski definition) is 0. The molecule has 0 bridgehead atoms. The van der Waals surface area contributed by atoms with E-state index in [2.05, 4.69) is 4.98 Å². The summed E-state index contributed by atoms with van der Waals surface area (Å²) < 4.78 is 38.7. The quantitative estimate of drug-likeness (QED) is 0.445. The Morgan fingerprint density at radius 1 is 0.920 bits per heavy atom. The Balaban J connectivity index is 2.05. The lowest BCUT2D eigenvalue weighted by molar-refractivity contribution is -0.137. The van der Waals surface area contributed by atoms with Gasteiger partial charge in [-0.3, -0.25) is 4.79 Å². The molecule has 2 nitrogen and oxygen atoms in total. The smallest absolute Gasteiger partial charge is 0.288 e. The Morgan fingerprint density at radius 2 is 1.64 bits per heavy atom. The molecule has 25 heavy (non-hydrogen) atoms. The highest BCUT2D eigenvalue weighted by molar-refractivity contribution is 6.34. The fraction of sp³-hybridized carbons (Fsp3) is 0.0526. The second kappa shape index (κ2) is 6.69. The number of halogens is 4. The Hall–Kier alpha value is -2.66. The van der Waals surface area contributed by atoms with Crippen molar-refractivity contribution in [1.82, 2.24) is 4.98 Å². The lowest BCUT2D eigenvalue weighted by atomic mass is 9.99. The molecule has 0 aliphatic heterocycles. The van der Waals surface area contributed by atoms with Gasteiger partial charge < -0.3 is 0 Å². The first kappa shape index (κ1) is 17.2. The first-order valence-corrected chi connectivity index (χ1v) is 7.67. The molecule has 0 amide bonds. The van der Waals surface area contributed by atoms with Gasteiger partial charge in [0.15, 0.2) is 5.78 Å². The predicted molar refractivity (Wildman–Crippen MR) is 89.6 cm³/mol. The van der Waals surface area contributed by atoms with Crippen LogP contribution in [-0.2, 0) is 6.18 Å². The molecule has 0 radical (unpaired) electrons. The minimum atomic E-state index is -4.45. The molecule has 1 aromatic heterocycles. The van der Waals surface area contributed by atoms with Gasteiger partial charge in [0, 0.05) is 17.3 Å². The van der Waals surface area contributed by atoms with Gasteiger partial charge in [0.2, 0.25) is 0 Å². The highest BCUT2D eigenvalue weighted by Crippen LogP contribution is 2.33. The molecule has 0 saturated heterocycles. The van der Waals surface area contributed by atoms with Crippen molar-refractivity contribution in [2.75, 3.05) is 0 Å². The molecule has 2 aromatic carbocycles. The lowest BCUT2D eigenvalue weighted by Gasteiger charge is -2.10. The van der Waals surface area contributed by atoms with Crippen molar-refractivity contribution in [3.05, 3.63) is 88.7 Å². The van der Waals surface area contributed by atoms with Crippen molar-refractivity contribution < 1.29 is 18.0 Å². The van der Waals surface area contributed by atoms with E-state index in [0.29, 0.717) is 16.7 Å². The third-order valence-corrected chi connectivity index (χ3v) is 3.94. The van der Waals surface area contributed by atoms with E-state index in [1.807, 2.05) is 0 Å². The van der Waals surface area contributed by atoms with Gasteiger partial charge in [-0.2, -0.15) is 13.2 Å². The van der Waals surface area contributed by atoms with Crippen molar-refractivity contribution in [1.29, 1.82) is 0 Å². The number of alkyl halides is 3. The molecule has 0 fully saturated rings. The van der Waals surface area contributed by atoms with Crippen LogP contribution >= 0.6 is 11.6 Å². The molecule has 0 aliphatic carbocycles. The molecule has 0 N–H and O–H groups in total. The van der Waals surface area contributed by atoms with Crippen LogP contribution in [-0.4, -0.2) is 10.8 Å². The summed E-state index contributed by atoms with van der Waals surface area (Å²) in [5, 5.41) is 0.00424. The average Bonchev–Trinajstić information content (AvgIpc) is 2.62. The van der Waals surface area contributed by atoms with Gasteiger partial charge in [-0.15, -0.1) is 0 Å². The molecule has 0 unspecified atom stereocenters. The van der Waals surface area contributed by atoms with Crippen LogP contribution < -0.4 is 0 Å². The van der Waals surface area contributed by atoms with E-state index in [1.54, 1.807) is 30.3 Å². The number of carbonyl (C=O) groups excluding carboxylic acids is 1. The number of pyridine rings is 1. The maximum absolute atomic E-state index is 12.9. The number of benzene rings is 2. The Kier molecular flexibility index (Phi) is 4.59. The summed E-state index contributed by atoms with van der Waals surface area (Å²) >= 11 is 6.02. The molecule has 0 aliphatic rings. The molecule has 126 valence electrons. The van der Waals surface area contributed by atoms with Crippen LogP contribution in [0.25, 0.3) is 11.1 Å². The van der Waals surface area contributed by atoms with Gasteiger partial charge in [-0.05, 0) is 23.8 Å². The van der Waals surface area contributed by atoms with Crippen LogP contribution in [0.2, 0.25) is 5.15 Å². The van der Waals surface area contributed by atoms with E-state index >= 15 is 0 Å². The monoisotopic (exact) mass is 361 g/mol. The van der Waals surface area contributed by atoms with Gasteiger partial charge >= 0.3 is 6.18 Å². The molecular formula is C19H11ClF3NO. The van der Waals surface area contributed by atoms with Gasteiger partial charge in [-0.1, -0.05) is 54.1 Å². The number of ketones is 1. The first-order chi connectivity index (χ1) is 11.9. The van der Waals surface area contributed by atoms with E-state index in [-0.39, 0.29) is 16.5 Å². The SMILES string of the molecule is O=C(c1ccccc1)c1cc(-c2cccc(C(F)(F)F)c2)cnc1Cl. The van der Waals surface area contributed by atoms with Crippen molar-refractivity contribution in [2.45, 2.75) is 6.18 Å². The third kappa shape index (κ3) is 3.72. The molecule has 3 rings (SSSR count). The summed E-state index contributed by atoms with van der Waals surface area (Å²) in [5.74, 6) is -0.341. The predicted octanol–water partition coefficient (Wildman–Crippen LogP) is 5.65. The van der Waals surface area contributed by atoms with Gasteiger partial charge in [0.1, 0.15) is 5.15 Å². The van der Waals surface area contributed by atoms with Crippen molar-refractivity contribution in [2.24, 2.45) is 0 Å². The second-order valence-corrected chi connectivity index (χ2v) is 5.69. The zero-order chi connectivity index (χ0) is 18.0. The van der Waals surface area contributed by atoms with Crippen molar-refractivity contribution in [3.63, 3.8) is 0 Å². The van der Waals surface area contributed by atoms with Crippen LogP contribution in [0.3, 0.4) is 0 Å².